The van der Waals surface area contributed by atoms with Crippen molar-refractivity contribution in [3.63, 3.8) is 0 Å². The fourth-order valence-electron chi connectivity index (χ4n) is 3.83. The smallest absolute Gasteiger partial charge is 0.307 e. The molecule has 0 radical (unpaired) electrons. The Morgan fingerprint density at radius 1 is 0.413 bits per heavy atom. The minimum Gasteiger partial charge on any atom is -0.307 e. The molecule has 0 aromatic heterocycles. The molecule has 12 nitrogen and oxygen atoms in total. The van der Waals surface area contributed by atoms with Crippen molar-refractivity contribution in [1.29, 1.82) is 0 Å². The maximum absolute atomic E-state index is 12.3. The van der Waals surface area contributed by atoms with Crippen molar-refractivity contribution in [3.8, 4) is 0 Å². The fourth-order valence-corrected chi connectivity index (χ4v) is 3.83. The van der Waals surface area contributed by atoms with Crippen LogP contribution in [-0.4, -0.2) is 24.5 Å². The molecule has 0 saturated carbocycles. The van der Waals surface area contributed by atoms with Gasteiger partial charge in [-0.3, -0.25) is 0 Å². The van der Waals surface area contributed by atoms with Gasteiger partial charge in [0.05, 0.1) is 35.2 Å². The largest absolute Gasteiger partial charge is 0.339 e. The first-order valence-corrected chi connectivity index (χ1v) is 14.0. The molecule has 5 rings (SSSR count). The summed E-state index contributed by atoms with van der Waals surface area (Å²) in [5.41, 5.74) is 10.1. The number of benzene rings is 5. The highest BCUT2D eigenvalue weighted by Crippen LogP contribution is 2.21. The molecule has 0 bridgehead atoms. The second-order valence-electron chi connectivity index (χ2n) is 9.44. The van der Waals surface area contributed by atoms with E-state index in [4.69, 9.17) is 0 Å². The zero-order valence-electron chi connectivity index (χ0n) is 24.4. The zero-order valence-corrected chi connectivity index (χ0v) is 24.4. The van der Waals surface area contributed by atoms with E-state index in [1.165, 1.54) is 12.4 Å². The van der Waals surface area contributed by atoms with Crippen LogP contribution in [0.3, 0.4) is 0 Å². The Morgan fingerprint density at radius 3 is 1.11 bits per heavy atom. The molecule has 4 amide bonds. The number of hydrazone groups is 2. The average Bonchev–Trinajstić information content (AvgIpc) is 3.09. The van der Waals surface area contributed by atoms with E-state index in [1.54, 1.807) is 60.7 Å². The minimum atomic E-state index is -0.522. The number of hydrogen-bond acceptors (Lipinski definition) is 8. The Hall–Kier alpha value is -6.82. The lowest BCUT2D eigenvalue weighted by Crippen LogP contribution is -2.24. The maximum Gasteiger partial charge on any atom is 0.339 e. The molecule has 226 valence electrons. The van der Waals surface area contributed by atoms with E-state index >= 15 is 0 Å². The minimum absolute atomic E-state index is 0.522. The number of nitrogens with one attached hydrogen (secondary N) is 4. The van der Waals surface area contributed by atoms with Crippen molar-refractivity contribution in [1.82, 2.24) is 10.9 Å². The standard InChI is InChI=1S/C34H28N10O2/c45-33(37-27-15-19-31(20-16-27)41-39-29-11-3-1-4-12-29)43-35-23-25-9-7-8-10-26(25)24-36-44-34(46)38-28-17-21-32(22-18-28)42-40-30-13-5-2-6-14-30/h1-24H,(H2,37,43,45)(H2,38,44,46)/b35-23-,36-24-,41-39?,42-40?. The van der Waals surface area contributed by atoms with Crippen LogP contribution in [0.4, 0.5) is 43.7 Å². The summed E-state index contributed by atoms with van der Waals surface area (Å²) in [6.45, 7) is 0. The van der Waals surface area contributed by atoms with Crippen molar-refractivity contribution in [2.75, 3.05) is 10.6 Å². The van der Waals surface area contributed by atoms with Crippen LogP contribution in [0.1, 0.15) is 11.1 Å². The highest BCUT2D eigenvalue weighted by Gasteiger charge is 2.03. The van der Waals surface area contributed by atoms with Gasteiger partial charge in [-0.2, -0.15) is 30.7 Å². The number of azo groups is 2. The topological polar surface area (TPSA) is 156 Å². The van der Waals surface area contributed by atoms with Crippen LogP contribution in [0.25, 0.3) is 0 Å². The average molecular weight is 609 g/mol. The third kappa shape index (κ3) is 9.88. The summed E-state index contributed by atoms with van der Waals surface area (Å²) in [5.74, 6) is 0. The summed E-state index contributed by atoms with van der Waals surface area (Å²) in [4.78, 5) is 24.6. The van der Waals surface area contributed by atoms with Gasteiger partial charge in [-0.15, -0.1) is 0 Å². The molecule has 0 atom stereocenters. The zero-order chi connectivity index (χ0) is 31.8. The summed E-state index contributed by atoms with van der Waals surface area (Å²) in [5, 5.41) is 30.1. The number of carbonyl (C=O) groups excluding carboxylic acids is 2. The molecule has 0 spiro atoms. The van der Waals surface area contributed by atoms with Gasteiger partial charge in [-0.1, -0.05) is 60.7 Å². The molecule has 5 aromatic rings. The number of amides is 4. The van der Waals surface area contributed by atoms with Crippen molar-refractivity contribution in [3.05, 3.63) is 145 Å². The van der Waals surface area contributed by atoms with Crippen molar-refractivity contribution in [2.24, 2.45) is 30.7 Å². The Morgan fingerprint density at radius 2 is 0.739 bits per heavy atom. The van der Waals surface area contributed by atoms with Gasteiger partial charge < -0.3 is 10.6 Å². The van der Waals surface area contributed by atoms with Gasteiger partial charge in [0.1, 0.15) is 0 Å². The first-order valence-electron chi connectivity index (χ1n) is 14.0. The molecular formula is C34H28N10O2. The number of anilines is 2. The van der Waals surface area contributed by atoms with Crippen LogP contribution in [0.15, 0.2) is 164 Å². The fraction of sp³-hybridized carbons (Fsp3) is 0. The summed E-state index contributed by atoms with van der Waals surface area (Å²) in [7, 11) is 0. The molecule has 0 aliphatic rings. The van der Waals surface area contributed by atoms with Crippen molar-refractivity contribution in [2.45, 2.75) is 0 Å². The predicted octanol–water partition coefficient (Wildman–Crippen LogP) is 8.83. The van der Waals surface area contributed by atoms with E-state index in [0.717, 1.165) is 11.4 Å². The molecule has 0 saturated heterocycles. The van der Waals surface area contributed by atoms with Gasteiger partial charge >= 0.3 is 12.1 Å². The molecule has 0 fully saturated rings. The lowest BCUT2D eigenvalue weighted by atomic mass is 10.1. The molecule has 0 unspecified atom stereocenters. The Labute approximate surface area is 264 Å². The highest BCUT2D eigenvalue weighted by atomic mass is 16.2. The SMILES string of the molecule is O=C(N/N=C\c1ccccc1/C=N\NC(=O)Nc1ccc(N=Nc2ccccc2)cc1)Nc1ccc(N=Nc2ccccc2)cc1. The van der Waals surface area contributed by atoms with E-state index in [0.29, 0.717) is 33.9 Å². The Balaban J connectivity index is 1.07. The summed E-state index contributed by atoms with van der Waals surface area (Å²) < 4.78 is 0. The summed E-state index contributed by atoms with van der Waals surface area (Å²) in [6.07, 6.45) is 2.95. The van der Waals surface area contributed by atoms with Crippen LogP contribution in [0.5, 0.6) is 0 Å². The number of carbonyl (C=O) groups is 2. The van der Waals surface area contributed by atoms with Gasteiger partial charge in [0.15, 0.2) is 0 Å². The molecule has 0 heterocycles. The number of hydrogen-bond donors (Lipinski definition) is 4. The third-order valence-corrected chi connectivity index (χ3v) is 6.06. The second-order valence-corrected chi connectivity index (χ2v) is 9.44. The first kappa shape index (κ1) is 30.6. The Kier molecular flexibility index (Phi) is 10.7. The molecule has 12 heteroatoms. The van der Waals surface area contributed by atoms with Crippen LogP contribution in [-0.2, 0) is 0 Å². The van der Waals surface area contributed by atoms with Crippen LogP contribution in [0.2, 0.25) is 0 Å². The van der Waals surface area contributed by atoms with Crippen LogP contribution < -0.4 is 21.5 Å². The van der Waals surface area contributed by atoms with E-state index < -0.39 is 12.1 Å². The maximum atomic E-state index is 12.3. The monoisotopic (exact) mass is 608 g/mol. The van der Waals surface area contributed by atoms with Crippen LogP contribution in [0, 0.1) is 0 Å². The molecule has 46 heavy (non-hydrogen) atoms. The van der Waals surface area contributed by atoms with Gasteiger partial charge in [0.2, 0.25) is 0 Å². The normalized spacial score (nSPS) is 11.3. The molecule has 5 aromatic carbocycles. The highest BCUT2D eigenvalue weighted by molar-refractivity contribution is 5.96. The lowest BCUT2D eigenvalue weighted by molar-refractivity contribution is 0.251. The van der Waals surface area contributed by atoms with Crippen molar-refractivity contribution < 1.29 is 9.59 Å². The summed E-state index contributed by atoms with van der Waals surface area (Å²) >= 11 is 0. The van der Waals surface area contributed by atoms with Gasteiger partial charge in [0.25, 0.3) is 0 Å². The van der Waals surface area contributed by atoms with Gasteiger partial charge in [0, 0.05) is 22.5 Å². The van der Waals surface area contributed by atoms with E-state index in [2.05, 4.69) is 52.1 Å². The number of rotatable bonds is 10. The van der Waals surface area contributed by atoms with Gasteiger partial charge in [-0.25, -0.2) is 20.4 Å². The molecule has 0 aliphatic heterocycles. The van der Waals surface area contributed by atoms with E-state index in [1.807, 2.05) is 72.8 Å². The lowest BCUT2D eigenvalue weighted by Gasteiger charge is -2.05. The molecular weight excluding hydrogens is 580 g/mol. The number of nitrogens with zero attached hydrogens (tertiary/aromatic N) is 6. The Bertz CT molecular complexity index is 1720. The van der Waals surface area contributed by atoms with Gasteiger partial charge in [-0.05, 0) is 72.8 Å². The number of urea groups is 2. The van der Waals surface area contributed by atoms with E-state index in [9.17, 15) is 9.59 Å². The molecule has 0 aliphatic carbocycles. The quantitative estimate of drug-likeness (QED) is 0.0710. The first-order chi connectivity index (χ1) is 22.6. The van der Waals surface area contributed by atoms with Crippen molar-refractivity contribution >= 4 is 58.6 Å². The predicted molar refractivity (Wildman–Crippen MR) is 180 cm³/mol. The third-order valence-electron chi connectivity index (χ3n) is 6.06. The van der Waals surface area contributed by atoms with E-state index in [-0.39, 0.29) is 0 Å². The van der Waals surface area contributed by atoms with Crippen LogP contribution >= 0.6 is 0 Å². The summed E-state index contributed by atoms with van der Waals surface area (Å²) in [6, 6.07) is 38.8. The molecule has 4 N–H and O–H groups in total. The second kappa shape index (κ2) is 16.1.